The zero-order valence-corrected chi connectivity index (χ0v) is 16.8. The van der Waals surface area contributed by atoms with Gasteiger partial charge in [-0.3, -0.25) is 4.99 Å². The van der Waals surface area contributed by atoms with Gasteiger partial charge in [0.1, 0.15) is 12.2 Å². The van der Waals surface area contributed by atoms with Crippen molar-refractivity contribution in [3.05, 3.63) is 23.9 Å². The largest absolute Gasteiger partial charge is 0.474 e. The van der Waals surface area contributed by atoms with Crippen LogP contribution in [0, 0.1) is 0 Å². The molecule has 2 atom stereocenters. The number of nitrogens with one attached hydrogen (secondary N) is 1. The summed E-state index contributed by atoms with van der Waals surface area (Å²) >= 11 is 0. The summed E-state index contributed by atoms with van der Waals surface area (Å²) in [5, 5.41) is 3.48. The first kappa shape index (κ1) is 19.5. The molecule has 3 aliphatic rings. The Balaban J connectivity index is 1.31. The second kappa shape index (κ2) is 9.56. The molecular weight excluding hydrogens is 356 g/mol. The van der Waals surface area contributed by atoms with E-state index >= 15 is 0 Å². The number of hydrogen-bond donors (Lipinski definition) is 1. The lowest BCUT2D eigenvalue weighted by atomic mass is 10.1. The zero-order valence-electron chi connectivity index (χ0n) is 16.8. The summed E-state index contributed by atoms with van der Waals surface area (Å²) in [4.78, 5) is 11.1. The van der Waals surface area contributed by atoms with Gasteiger partial charge in [-0.2, -0.15) is 0 Å². The van der Waals surface area contributed by atoms with Crippen LogP contribution in [0.5, 0.6) is 5.88 Å². The van der Waals surface area contributed by atoms with Crippen molar-refractivity contribution in [3.63, 3.8) is 0 Å². The molecule has 0 aromatic carbocycles. The minimum absolute atomic E-state index is 0.127. The number of pyridine rings is 1. The highest BCUT2D eigenvalue weighted by Gasteiger charge is 2.32. The van der Waals surface area contributed by atoms with Crippen molar-refractivity contribution in [2.24, 2.45) is 4.99 Å². The number of aliphatic imine (C=N–C) groups is 1. The van der Waals surface area contributed by atoms with Crippen LogP contribution < -0.4 is 10.1 Å². The molecule has 2 aliphatic heterocycles. The van der Waals surface area contributed by atoms with Gasteiger partial charge in [0.25, 0.3) is 0 Å². The van der Waals surface area contributed by atoms with Gasteiger partial charge in [0.15, 0.2) is 5.96 Å². The predicted molar refractivity (Wildman–Crippen MR) is 108 cm³/mol. The van der Waals surface area contributed by atoms with Crippen LogP contribution in [0.1, 0.15) is 44.1 Å². The van der Waals surface area contributed by atoms with E-state index in [0.29, 0.717) is 19.3 Å². The average molecular weight is 389 g/mol. The van der Waals surface area contributed by atoms with Gasteiger partial charge in [0.2, 0.25) is 5.88 Å². The highest BCUT2D eigenvalue weighted by Crippen LogP contribution is 2.23. The average Bonchev–Trinajstić information content (AvgIpc) is 3.43. The summed E-state index contributed by atoms with van der Waals surface area (Å²) in [5.41, 5.74) is 1.15. The van der Waals surface area contributed by atoms with Crippen LogP contribution in [0.25, 0.3) is 0 Å². The molecule has 1 saturated carbocycles. The Kier molecular flexibility index (Phi) is 6.65. The second-order valence-electron chi connectivity index (χ2n) is 7.83. The molecule has 0 radical (unpaired) electrons. The number of aromatic nitrogens is 1. The van der Waals surface area contributed by atoms with Crippen LogP contribution in [-0.4, -0.2) is 67.5 Å². The normalized spacial score (nSPS) is 26.6. The fraction of sp³-hybridized carbons (Fsp3) is 0.714. The number of hydrogen-bond acceptors (Lipinski definition) is 5. The molecule has 154 valence electrons. The maximum absolute atomic E-state index is 6.03. The number of ether oxygens (including phenoxy) is 3. The van der Waals surface area contributed by atoms with Crippen molar-refractivity contribution in [2.45, 2.75) is 63.4 Å². The summed E-state index contributed by atoms with van der Waals surface area (Å²) < 4.78 is 17.8. The first-order valence-corrected chi connectivity index (χ1v) is 10.6. The molecule has 0 amide bonds. The quantitative estimate of drug-likeness (QED) is 0.617. The number of morpholine rings is 1. The predicted octanol–water partition coefficient (Wildman–Crippen LogP) is 2.36. The van der Waals surface area contributed by atoms with Crippen LogP contribution in [0.4, 0.5) is 0 Å². The third-order valence-electron chi connectivity index (χ3n) is 5.82. The molecule has 1 aromatic rings. The summed E-state index contributed by atoms with van der Waals surface area (Å²) in [6.07, 6.45) is 9.51. The smallest absolute Gasteiger partial charge is 0.213 e. The highest BCUT2D eigenvalue weighted by atomic mass is 16.5. The molecule has 1 aromatic heterocycles. The van der Waals surface area contributed by atoms with Gasteiger partial charge in [0.05, 0.1) is 12.7 Å². The topological polar surface area (TPSA) is 68.2 Å². The molecule has 0 bridgehead atoms. The zero-order chi connectivity index (χ0) is 19.2. The van der Waals surface area contributed by atoms with Crippen LogP contribution in [0.15, 0.2) is 23.3 Å². The maximum atomic E-state index is 6.03. The number of rotatable bonds is 5. The first-order valence-electron chi connectivity index (χ1n) is 10.6. The van der Waals surface area contributed by atoms with Gasteiger partial charge in [-0.1, -0.05) is 0 Å². The van der Waals surface area contributed by atoms with Gasteiger partial charge in [-0.15, -0.1) is 0 Å². The molecule has 3 fully saturated rings. The van der Waals surface area contributed by atoms with Crippen molar-refractivity contribution in [3.8, 4) is 5.88 Å². The van der Waals surface area contributed by atoms with Crippen LogP contribution in [0.2, 0.25) is 0 Å². The molecule has 7 heteroatoms. The van der Waals surface area contributed by atoms with E-state index in [9.17, 15) is 0 Å². The number of nitrogens with zero attached hydrogens (tertiary/aromatic N) is 3. The SMILES string of the molecule is CN=C(NCc1ccnc(OC2CCCC2)c1)N1CCOC(C2CCCO2)C1. The lowest BCUT2D eigenvalue weighted by molar-refractivity contribution is -0.0817. The fourth-order valence-electron chi connectivity index (χ4n) is 4.30. The summed E-state index contributed by atoms with van der Waals surface area (Å²) in [5.74, 6) is 1.63. The Labute approximate surface area is 167 Å². The molecule has 28 heavy (non-hydrogen) atoms. The lowest BCUT2D eigenvalue weighted by Gasteiger charge is -2.37. The van der Waals surface area contributed by atoms with Gasteiger partial charge < -0.3 is 24.4 Å². The highest BCUT2D eigenvalue weighted by molar-refractivity contribution is 5.80. The standard InChI is InChI=1S/C21H32N4O3/c1-22-21(25-10-12-27-19(15-25)18-7-4-11-26-18)24-14-16-8-9-23-20(13-16)28-17-5-2-3-6-17/h8-9,13,17-19H,2-7,10-12,14-15H2,1H3,(H,22,24). The van der Waals surface area contributed by atoms with Crippen LogP contribution in [-0.2, 0) is 16.0 Å². The maximum Gasteiger partial charge on any atom is 0.213 e. The van der Waals surface area contributed by atoms with E-state index in [1.54, 1.807) is 0 Å². The van der Waals surface area contributed by atoms with E-state index in [1.807, 2.05) is 25.4 Å². The summed E-state index contributed by atoms with van der Waals surface area (Å²) in [6, 6.07) is 4.06. The molecule has 2 unspecified atom stereocenters. The van der Waals surface area contributed by atoms with Gasteiger partial charge in [0, 0.05) is 45.6 Å². The third-order valence-corrected chi connectivity index (χ3v) is 5.82. The van der Waals surface area contributed by atoms with E-state index in [0.717, 1.165) is 62.8 Å². The van der Waals surface area contributed by atoms with E-state index in [2.05, 4.69) is 20.2 Å². The third kappa shape index (κ3) is 4.94. The fourth-order valence-corrected chi connectivity index (χ4v) is 4.30. The van der Waals surface area contributed by atoms with Crippen molar-refractivity contribution >= 4 is 5.96 Å². The molecule has 1 aliphatic carbocycles. The van der Waals surface area contributed by atoms with Crippen molar-refractivity contribution in [2.75, 3.05) is 33.4 Å². The van der Waals surface area contributed by atoms with E-state index in [1.165, 1.54) is 12.8 Å². The van der Waals surface area contributed by atoms with E-state index in [-0.39, 0.29) is 12.2 Å². The van der Waals surface area contributed by atoms with Gasteiger partial charge in [-0.05, 0) is 50.2 Å². The number of guanidine groups is 1. The van der Waals surface area contributed by atoms with Crippen molar-refractivity contribution < 1.29 is 14.2 Å². The summed E-state index contributed by atoms with van der Waals surface area (Å²) in [7, 11) is 1.83. The molecule has 0 spiro atoms. The Bertz CT molecular complexity index is 657. The first-order chi connectivity index (χ1) is 13.8. The molecule has 3 heterocycles. The minimum Gasteiger partial charge on any atom is -0.474 e. The molecule has 1 N–H and O–H groups in total. The van der Waals surface area contributed by atoms with Crippen LogP contribution in [0.3, 0.4) is 0 Å². The van der Waals surface area contributed by atoms with Crippen LogP contribution >= 0.6 is 0 Å². The van der Waals surface area contributed by atoms with Crippen molar-refractivity contribution in [1.82, 2.24) is 15.2 Å². The Morgan fingerprint density at radius 1 is 1.21 bits per heavy atom. The Hall–Kier alpha value is -1.86. The summed E-state index contributed by atoms with van der Waals surface area (Å²) in [6.45, 7) is 3.91. The van der Waals surface area contributed by atoms with E-state index in [4.69, 9.17) is 14.2 Å². The second-order valence-corrected chi connectivity index (χ2v) is 7.83. The van der Waals surface area contributed by atoms with Crippen molar-refractivity contribution in [1.29, 1.82) is 0 Å². The van der Waals surface area contributed by atoms with Gasteiger partial charge >= 0.3 is 0 Å². The molecule has 4 rings (SSSR count). The molecule has 2 saturated heterocycles. The monoisotopic (exact) mass is 388 g/mol. The molecule has 7 nitrogen and oxygen atoms in total. The minimum atomic E-state index is 0.127. The Morgan fingerprint density at radius 2 is 2.07 bits per heavy atom. The Morgan fingerprint density at radius 3 is 2.86 bits per heavy atom. The van der Waals surface area contributed by atoms with E-state index < -0.39 is 0 Å². The lowest BCUT2D eigenvalue weighted by Crippen LogP contribution is -2.53. The van der Waals surface area contributed by atoms with Gasteiger partial charge in [-0.25, -0.2) is 4.98 Å². The molecular formula is C21H32N4O3.